The van der Waals surface area contributed by atoms with Crippen molar-refractivity contribution in [1.82, 2.24) is 0 Å². The summed E-state index contributed by atoms with van der Waals surface area (Å²) in [5.41, 5.74) is 4.64. The molecule has 1 unspecified atom stereocenters. The standard InChI is InChI=1S/C9H21NO2/c1-3-6-12-7-4-5-9(2,11)8-10/h11H,3-8,10H2,1-2H3. The molecular formula is C9H21NO2. The summed E-state index contributed by atoms with van der Waals surface area (Å²) in [6.07, 6.45) is 2.64. The highest BCUT2D eigenvalue weighted by Gasteiger charge is 2.16. The van der Waals surface area contributed by atoms with Gasteiger partial charge in [0.2, 0.25) is 0 Å². The molecule has 0 saturated heterocycles. The van der Waals surface area contributed by atoms with Crippen LogP contribution in [-0.4, -0.2) is 30.5 Å². The third-order valence-electron chi connectivity index (χ3n) is 1.79. The lowest BCUT2D eigenvalue weighted by molar-refractivity contribution is 0.0435. The van der Waals surface area contributed by atoms with Crippen molar-refractivity contribution in [3.8, 4) is 0 Å². The maximum atomic E-state index is 9.50. The molecule has 0 aromatic heterocycles. The van der Waals surface area contributed by atoms with E-state index in [1.807, 2.05) is 0 Å². The van der Waals surface area contributed by atoms with Gasteiger partial charge in [-0.05, 0) is 26.2 Å². The van der Waals surface area contributed by atoms with Gasteiger partial charge in [0.1, 0.15) is 0 Å². The normalized spacial score (nSPS) is 16.0. The Morgan fingerprint density at radius 2 is 2.08 bits per heavy atom. The molecule has 0 aliphatic carbocycles. The van der Waals surface area contributed by atoms with Crippen LogP contribution in [0.3, 0.4) is 0 Å². The van der Waals surface area contributed by atoms with E-state index < -0.39 is 5.60 Å². The molecule has 0 rings (SSSR count). The summed E-state index contributed by atoms with van der Waals surface area (Å²) in [7, 11) is 0. The van der Waals surface area contributed by atoms with Gasteiger partial charge in [0.15, 0.2) is 0 Å². The minimum Gasteiger partial charge on any atom is -0.389 e. The molecule has 0 radical (unpaired) electrons. The predicted molar refractivity (Wildman–Crippen MR) is 50.0 cm³/mol. The Balaban J connectivity index is 3.19. The Kier molecular flexibility index (Phi) is 6.34. The van der Waals surface area contributed by atoms with Gasteiger partial charge in [0, 0.05) is 19.8 Å². The highest BCUT2D eigenvalue weighted by molar-refractivity contribution is 4.72. The summed E-state index contributed by atoms with van der Waals surface area (Å²) in [6.45, 7) is 5.69. The minimum atomic E-state index is -0.713. The van der Waals surface area contributed by atoms with Crippen LogP contribution in [0.15, 0.2) is 0 Å². The van der Waals surface area contributed by atoms with Gasteiger partial charge in [-0.1, -0.05) is 6.92 Å². The predicted octanol–water partition coefficient (Wildman–Crippen LogP) is 0.903. The van der Waals surface area contributed by atoms with Crippen molar-refractivity contribution in [1.29, 1.82) is 0 Å². The van der Waals surface area contributed by atoms with Crippen molar-refractivity contribution in [3.05, 3.63) is 0 Å². The maximum absolute atomic E-state index is 9.50. The smallest absolute Gasteiger partial charge is 0.0742 e. The van der Waals surface area contributed by atoms with E-state index in [0.717, 1.165) is 26.1 Å². The monoisotopic (exact) mass is 175 g/mol. The lowest BCUT2D eigenvalue weighted by Crippen LogP contribution is -2.34. The molecule has 0 amide bonds. The Morgan fingerprint density at radius 3 is 2.58 bits per heavy atom. The van der Waals surface area contributed by atoms with E-state index in [1.165, 1.54) is 0 Å². The Labute approximate surface area is 74.9 Å². The maximum Gasteiger partial charge on any atom is 0.0742 e. The molecule has 0 bridgehead atoms. The van der Waals surface area contributed by atoms with Gasteiger partial charge in [-0.25, -0.2) is 0 Å². The van der Waals surface area contributed by atoms with Crippen molar-refractivity contribution in [2.45, 2.75) is 38.7 Å². The molecule has 3 nitrogen and oxygen atoms in total. The van der Waals surface area contributed by atoms with Gasteiger partial charge < -0.3 is 15.6 Å². The molecule has 0 aromatic carbocycles. The van der Waals surface area contributed by atoms with Gasteiger partial charge in [0.05, 0.1) is 5.60 Å². The third-order valence-corrected chi connectivity index (χ3v) is 1.79. The molecule has 0 aliphatic heterocycles. The van der Waals surface area contributed by atoms with Crippen LogP contribution in [0.4, 0.5) is 0 Å². The van der Waals surface area contributed by atoms with Gasteiger partial charge in [-0.2, -0.15) is 0 Å². The fourth-order valence-corrected chi connectivity index (χ4v) is 0.904. The highest BCUT2D eigenvalue weighted by atomic mass is 16.5. The second kappa shape index (κ2) is 6.40. The Bertz CT molecular complexity index is 105. The fraction of sp³-hybridized carbons (Fsp3) is 1.00. The van der Waals surface area contributed by atoms with Crippen LogP contribution in [0.1, 0.15) is 33.1 Å². The van der Waals surface area contributed by atoms with Crippen molar-refractivity contribution < 1.29 is 9.84 Å². The summed E-state index contributed by atoms with van der Waals surface area (Å²) >= 11 is 0. The molecule has 0 heterocycles. The number of hydrogen-bond acceptors (Lipinski definition) is 3. The van der Waals surface area contributed by atoms with Crippen LogP contribution in [-0.2, 0) is 4.74 Å². The van der Waals surface area contributed by atoms with Crippen LogP contribution >= 0.6 is 0 Å². The number of nitrogens with two attached hydrogens (primary N) is 1. The van der Waals surface area contributed by atoms with Crippen LogP contribution in [0.5, 0.6) is 0 Å². The van der Waals surface area contributed by atoms with E-state index in [-0.39, 0.29) is 0 Å². The van der Waals surface area contributed by atoms with Crippen molar-refractivity contribution in [3.63, 3.8) is 0 Å². The van der Waals surface area contributed by atoms with Gasteiger partial charge >= 0.3 is 0 Å². The molecule has 1 atom stereocenters. The fourth-order valence-electron chi connectivity index (χ4n) is 0.904. The quantitative estimate of drug-likeness (QED) is 0.565. The molecule has 0 fully saturated rings. The van der Waals surface area contributed by atoms with E-state index >= 15 is 0 Å². The summed E-state index contributed by atoms with van der Waals surface area (Å²) in [6, 6.07) is 0. The second-order valence-corrected chi connectivity index (χ2v) is 3.42. The zero-order valence-corrected chi connectivity index (χ0v) is 8.18. The van der Waals surface area contributed by atoms with Crippen molar-refractivity contribution >= 4 is 0 Å². The molecule has 0 saturated carbocycles. The van der Waals surface area contributed by atoms with E-state index in [1.54, 1.807) is 6.92 Å². The number of aliphatic hydroxyl groups is 1. The number of ether oxygens (including phenoxy) is 1. The molecule has 0 spiro atoms. The molecule has 0 aliphatic rings. The van der Waals surface area contributed by atoms with Gasteiger partial charge in [-0.15, -0.1) is 0 Å². The van der Waals surface area contributed by atoms with E-state index in [0.29, 0.717) is 13.0 Å². The second-order valence-electron chi connectivity index (χ2n) is 3.42. The number of hydrogen-bond donors (Lipinski definition) is 2. The largest absolute Gasteiger partial charge is 0.389 e. The van der Waals surface area contributed by atoms with E-state index in [2.05, 4.69) is 6.92 Å². The van der Waals surface area contributed by atoms with E-state index in [4.69, 9.17) is 10.5 Å². The zero-order valence-electron chi connectivity index (χ0n) is 8.18. The van der Waals surface area contributed by atoms with Crippen LogP contribution in [0, 0.1) is 0 Å². The Morgan fingerprint density at radius 1 is 1.42 bits per heavy atom. The first-order valence-corrected chi connectivity index (χ1v) is 4.62. The van der Waals surface area contributed by atoms with Gasteiger partial charge in [0.25, 0.3) is 0 Å². The highest BCUT2D eigenvalue weighted by Crippen LogP contribution is 2.09. The lowest BCUT2D eigenvalue weighted by Gasteiger charge is -2.20. The minimum absolute atomic E-state index is 0.320. The van der Waals surface area contributed by atoms with Crippen molar-refractivity contribution in [2.24, 2.45) is 5.73 Å². The summed E-state index contributed by atoms with van der Waals surface area (Å²) in [4.78, 5) is 0. The van der Waals surface area contributed by atoms with Crippen molar-refractivity contribution in [2.75, 3.05) is 19.8 Å². The van der Waals surface area contributed by atoms with Crippen LogP contribution in [0.25, 0.3) is 0 Å². The van der Waals surface area contributed by atoms with Crippen LogP contribution in [0.2, 0.25) is 0 Å². The molecule has 0 aromatic rings. The lowest BCUT2D eigenvalue weighted by atomic mass is 10.0. The molecule has 3 N–H and O–H groups in total. The first-order valence-electron chi connectivity index (χ1n) is 4.62. The first kappa shape index (κ1) is 11.9. The van der Waals surface area contributed by atoms with E-state index in [9.17, 15) is 5.11 Å². The average molecular weight is 175 g/mol. The first-order chi connectivity index (χ1) is 5.62. The molecule has 3 heteroatoms. The third kappa shape index (κ3) is 6.58. The average Bonchev–Trinajstić information content (AvgIpc) is 2.04. The molecule has 74 valence electrons. The van der Waals surface area contributed by atoms with Crippen LogP contribution < -0.4 is 5.73 Å². The summed E-state index contributed by atoms with van der Waals surface area (Å²) < 4.78 is 5.27. The molecular weight excluding hydrogens is 154 g/mol. The number of rotatable bonds is 7. The Hall–Kier alpha value is -0.120. The topological polar surface area (TPSA) is 55.5 Å². The SMILES string of the molecule is CCCOCCCC(C)(O)CN. The zero-order chi connectivity index (χ0) is 9.45. The summed E-state index contributed by atoms with van der Waals surface area (Å²) in [5.74, 6) is 0. The summed E-state index contributed by atoms with van der Waals surface area (Å²) in [5, 5.41) is 9.50. The van der Waals surface area contributed by atoms with Gasteiger partial charge in [-0.3, -0.25) is 0 Å². The molecule has 12 heavy (non-hydrogen) atoms.